The lowest BCUT2D eigenvalue weighted by atomic mass is 9.85. The van der Waals surface area contributed by atoms with Crippen molar-refractivity contribution >= 4 is 21.1 Å². The standard InChI is InChI=1S/C14H19N5O4S/c15-6-8-3-1-2-4-11(8)19-24(22,23)9-5-10-12(16-7-9)17-14(21)18-13(10)20/h5,7-8,11,19H,1-4,6,15H2,(H2,16,17,18,20,21). The lowest BCUT2D eigenvalue weighted by molar-refractivity contribution is 0.296. The summed E-state index contributed by atoms with van der Waals surface area (Å²) >= 11 is 0. The van der Waals surface area contributed by atoms with E-state index in [1.807, 2.05) is 0 Å². The van der Waals surface area contributed by atoms with E-state index in [0.29, 0.717) is 6.54 Å². The summed E-state index contributed by atoms with van der Waals surface area (Å²) < 4.78 is 27.9. The van der Waals surface area contributed by atoms with Crippen molar-refractivity contribution in [3.63, 3.8) is 0 Å². The van der Waals surface area contributed by atoms with Gasteiger partial charge in [0, 0.05) is 12.2 Å². The van der Waals surface area contributed by atoms with Gasteiger partial charge in [0.25, 0.3) is 5.56 Å². The van der Waals surface area contributed by atoms with Gasteiger partial charge in [-0.25, -0.2) is 22.9 Å². The van der Waals surface area contributed by atoms with Gasteiger partial charge >= 0.3 is 5.69 Å². The molecule has 130 valence electrons. The Morgan fingerprint density at radius 1 is 1.25 bits per heavy atom. The lowest BCUT2D eigenvalue weighted by Gasteiger charge is -2.30. The van der Waals surface area contributed by atoms with Crippen LogP contribution in [-0.4, -0.2) is 36.0 Å². The molecule has 0 radical (unpaired) electrons. The molecule has 2 aromatic rings. The monoisotopic (exact) mass is 353 g/mol. The first kappa shape index (κ1) is 16.8. The zero-order valence-electron chi connectivity index (χ0n) is 12.9. The first-order valence-electron chi connectivity index (χ1n) is 7.75. The molecule has 0 aromatic carbocycles. The Morgan fingerprint density at radius 3 is 2.75 bits per heavy atom. The van der Waals surface area contributed by atoms with E-state index in [4.69, 9.17) is 5.73 Å². The van der Waals surface area contributed by atoms with Crippen LogP contribution in [0.1, 0.15) is 25.7 Å². The van der Waals surface area contributed by atoms with E-state index in [9.17, 15) is 18.0 Å². The molecule has 2 unspecified atom stereocenters. The summed E-state index contributed by atoms with van der Waals surface area (Å²) in [4.78, 5) is 31.2. The van der Waals surface area contributed by atoms with Crippen molar-refractivity contribution in [3.8, 4) is 0 Å². The fourth-order valence-corrected chi connectivity index (χ4v) is 4.40. The topological polar surface area (TPSA) is 151 Å². The summed E-state index contributed by atoms with van der Waals surface area (Å²) in [6.07, 6.45) is 4.73. The van der Waals surface area contributed by atoms with E-state index < -0.39 is 21.3 Å². The Balaban J connectivity index is 1.96. The maximum atomic E-state index is 12.6. The van der Waals surface area contributed by atoms with E-state index in [1.165, 1.54) is 6.07 Å². The van der Waals surface area contributed by atoms with Gasteiger partial charge in [0.15, 0.2) is 0 Å². The van der Waals surface area contributed by atoms with Gasteiger partial charge in [-0.05, 0) is 31.4 Å². The number of aromatic nitrogens is 3. The molecule has 1 aliphatic rings. The molecule has 3 rings (SSSR count). The van der Waals surface area contributed by atoms with Gasteiger partial charge in [0.2, 0.25) is 10.0 Å². The van der Waals surface area contributed by atoms with Crippen LogP contribution in [0.3, 0.4) is 0 Å². The molecular weight excluding hydrogens is 334 g/mol. The Morgan fingerprint density at radius 2 is 2.00 bits per heavy atom. The number of nitrogens with zero attached hydrogens (tertiary/aromatic N) is 1. The number of nitrogens with one attached hydrogen (secondary N) is 3. The molecule has 1 saturated carbocycles. The SMILES string of the molecule is NCC1CCCCC1NS(=O)(=O)c1cnc2[nH]c(=O)[nH]c(=O)c2c1. The fourth-order valence-electron chi connectivity index (χ4n) is 3.09. The molecule has 5 N–H and O–H groups in total. The van der Waals surface area contributed by atoms with Crippen LogP contribution in [0.25, 0.3) is 11.0 Å². The van der Waals surface area contributed by atoms with E-state index in [-0.39, 0.29) is 27.9 Å². The summed E-state index contributed by atoms with van der Waals surface area (Å²) in [5.74, 6) is 0.0988. The number of rotatable bonds is 4. The molecule has 2 aromatic heterocycles. The third-order valence-electron chi connectivity index (χ3n) is 4.39. The van der Waals surface area contributed by atoms with Crippen LogP contribution in [-0.2, 0) is 10.0 Å². The van der Waals surface area contributed by atoms with Crippen molar-refractivity contribution in [1.82, 2.24) is 19.7 Å². The molecule has 24 heavy (non-hydrogen) atoms. The van der Waals surface area contributed by atoms with Crippen LogP contribution in [0.15, 0.2) is 26.7 Å². The smallest absolute Gasteiger partial charge is 0.327 e. The second-order valence-corrected chi connectivity index (χ2v) is 7.70. The van der Waals surface area contributed by atoms with Crippen molar-refractivity contribution in [2.75, 3.05) is 6.54 Å². The zero-order chi connectivity index (χ0) is 17.3. The van der Waals surface area contributed by atoms with Crippen molar-refractivity contribution in [1.29, 1.82) is 0 Å². The fraction of sp³-hybridized carbons (Fsp3) is 0.500. The zero-order valence-corrected chi connectivity index (χ0v) is 13.7. The van der Waals surface area contributed by atoms with Gasteiger partial charge in [0.05, 0.1) is 5.39 Å². The van der Waals surface area contributed by atoms with Crippen molar-refractivity contribution in [3.05, 3.63) is 33.1 Å². The number of H-pyrrole nitrogens is 2. The summed E-state index contributed by atoms with van der Waals surface area (Å²) in [5, 5.41) is 0.0106. The van der Waals surface area contributed by atoms with Gasteiger partial charge in [-0.2, -0.15) is 0 Å². The Labute approximate surface area is 137 Å². The average molecular weight is 353 g/mol. The highest BCUT2D eigenvalue weighted by Gasteiger charge is 2.29. The number of sulfonamides is 1. The summed E-state index contributed by atoms with van der Waals surface area (Å²) in [6.45, 7) is 0.421. The number of hydrogen-bond donors (Lipinski definition) is 4. The number of fused-ring (bicyclic) bond motifs is 1. The molecule has 0 aliphatic heterocycles. The first-order chi connectivity index (χ1) is 11.4. The Kier molecular flexibility index (Phi) is 4.52. The minimum atomic E-state index is -3.83. The van der Waals surface area contributed by atoms with Gasteiger partial charge < -0.3 is 5.73 Å². The first-order valence-corrected chi connectivity index (χ1v) is 9.24. The number of aromatic amines is 2. The summed E-state index contributed by atoms with van der Waals surface area (Å²) in [7, 11) is -3.83. The normalized spacial score (nSPS) is 21.9. The molecular formula is C14H19N5O4S. The molecule has 0 bridgehead atoms. The highest BCUT2D eigenvalue weighted by atomic mass is 32.2. The highest BCUT2D eigenvalue weighted by Crippen LogP contribution is 2.25. The minimum absolute atomic E-state index is 0.0106. The number of nitrogens with two attached hydrogens (primary N) is 1. The van der Waals surface area contributed by atoms with E-state index in [2.05, 4.69) is 19.7 Å². The maximum absolute atomic E-state index is 12.6. The third-order valence-corrected chi connectivity index (χ3v) is 5.85. The van der Waals surface area contributed by atoms with E-state index >= 15 is 0 Å². The predicted molar refractivity (Wildman–Crippen MR) is 88.1 cm³/mol. The number of hydrogen-bond acceptors (Lipinski definition) is 6. The molecule has 0 saturated heterocycles. The third kappa shape index (κ3) is 3.25. The molecule has 1 fully saturated rings. The van der Waals surface area contributed by atoms with Crippen LogP contribution in [0.5, 0.6) is 0 Å². The second kappa shape index (κ2) is 6.46. The maximum Gasteiger partial charge on any atom is 0.327 e. The van der Waals surface area contributed by atoms with Crippen LogP contribution in [0, 0.1) is 5.92 Å². The molecule has 9 nitrogen and oxygen atoms in total. The quantitative estimate of drug-likeness (QED) is 0.576. The average Bonchev–Trinajstić information content (AvgIpc) is 2.54. The van der Waals surface area contributed by atoms with Crippen molar-refractivity contribution < 1.29 is 8.42 Å². The van der Waals surface area contributed by atoms with Crippen molar-refractivity contribution in [2.45, 2.75) is 36.6 Å². The van der Waals surface area contributed by atoms with E-state index in [0.717, 1.165) is 31.9 Å². The van der Waals surface area contributed by atoms with Gasteiger partial charge in [-0.1, -0.05) is 12.8 Å². The Hall–Kier alpha value is -2.04. The van der Waals surface area contributed by atoms with Crippen LogP contribution >= 0.6 is 0 Å². The van der Waals surface area contributed by atoms with E-state index in [1.54, 1.807) is 0 Å². The molecule has 2 atom stereocenters. The lowest BCUT2D eigenvalue weighted by Crippen LogP contribution is -2.44. The largest absolute Gasteiger partial charge is 0.330 e. The Bertz CT molecular complexity index is 965. The predicted octanol–water partition coefficient (Wildman–Crippen LogP) is -0.593. The minimum Gasteiger partial charge on any atom is -0.330 e. The van der Waals surface area contributed by atoms with Crippen molar-refractivity contribution in [2.24, 2.45) is 11.7 Å². The summed E-state index contributed by atoms with van der Waals surface area (Å²) in [5.41, 5.74) is 4.40. The van der Waals surface area contributed by atoms with Gasteiger partial charge in [-0.3, -0.25) is 14.8 Å². The van der Waals surface area contributed by atoms with Crippen LogP contribution in [0.4, 0.5) is 0 Å². The molecule has 1 aliphatic carbocycles. The second-order valence-electron chi connectivity index (χ2n) is 5.98. The molecule has 0 spiro atoms. The van der Waals surface area contributed by atoms with Gasteiger partial charge in [0.1, 0.15) is 10.5 Å². The number of pyridine rings is 1. The molecule has 2 heterocycles. The van der Waals surface area contributed by atoms with Gasteiger partial charge in [-0.15, -0.1) is 0 Å². The molecule has 10 heteroatoms. The van der Waals surface area contributed by atoms with Crippen LogP contribution < -0.4 is 21.7 Å². The molecule has 0 amide bonds. The van der Waals surface area contributed by atoms with Crippen LogP contribution in [0.2, 0.25) is 0 Å². The summed E-state index contributed by atoms with van der Waals surface area (Å²) in [6, 6.07) is 0.984. The highest BCUT2D eigenvalue weighted by molar-refractivity contribution is 7.89.